The summed E-state index contributed by atoms with van der Waals surface area (Å²) in [4.78, 5) is 14.4. The molecule has 0 bridgehead atoms. The van der Waals surface area contributed by atoms with Gasteiger partial charge in [0.25, 0.3) is 0 Å². The summed E-state index contributed by atoms with van der Waals surface area (Å²) in [6, 6.07) is 4.29. The van der Waals surface area contributed by atoms with Gasteiger partial charge in [-0.3, -0.25) is 9.69 Å². The molecule has 3 N–H and O–H groups in total. The normalized spacial score (nSPS) is 21.5. The average molecular weight is 346 g/mol. The largest absolute Gasteiger partial charge is 0.330 e. The number of likely N-dealkylation sites (tertiary alicyclic amines) is 1. The summed E-state index contributed by atoms with van der Waals surface area (Å²) in [6.45, 7) is 8.06. The lowest BCUT2D eigenvalue weighted by Crippen LogP contribution is -2.36. The standard InChI is InChI=1S/C16H24ClN3O.ClH/c1-10-4-11(2)16(14(17)5-10)19-15(21)9-20-8-13(7-18)6-12(20)3;/h4-5,12-13H,6-9,18H2,1-3H3,(H,19,21);1H. The predicted octanol–water partition coefficient (Wildman–Crippen LogP) is 2.99. The van der Waals surface area contributed by atoms with Crippen molar-refractivity contribution in [2.45, 2.75) is 33.2 Å². The molecular formula is C16H25Cl2N3O. The summed E-state index contributed by atoms with van der Waals surface area (Å²) >= 11 is 6.22. The number of hydrogen-bond acceptors (Lipinski definition) is 3. The molecule has 1 aliphatic rings. The van der Waals surface area contributed by atoms with Gasteiger partial charge in [-0.15, -0.1) is 12.4 Å². The summed E-state index contributed by atoms with van der Waals surface area (Å²) in [5.41, 5.74) is 8.52. The van der Waals surface area contributed by atoms with Crippen LogP contribution in [0.1, 0.15) is 24.5 Å². The number of amides is 1. The summed E-state index contributed by atoms with van der Waals surface area (Å²) in [5.74, 6) is 0.478. The Labute approximate surface area is 143 Å². The van der Waals surface area contributed by atoms with Gasteiger partial charge in [-0.25, -0.2) is 0 Å². The monoisotopic (exact) mass is 345 g/mol. The van der Waals surface area contributed by atoms with Crippen molar-refractivity contribution in [2.24, 2.45) is 11.7 Å². The number of nitrogens with zero attached hydrogens (tertiary/aromatic N) is 1. The smallest absolute Gasteiger partial charge is 0.238 e. The van der Waals surface area contributed by atoms with Crippen LogP contribution in [0.5, 0.6) is 0 Å². The van der Waals surface area contributed by atoms with Crippen molar-refractivity contribution in [3.05, 3.63) is 28.3 Å². The van der Waals surface area contributed by atoms with Crippen LogP contribution in [-0.2, 0) is 4.79 Å². The molecule has 1 heterocycles. The van der Waals surface area contributed by atoms with Crippen molar-refractivity contribution in [1.29, 1.82) is 0 Å². The highest BCUT2D eigenvalue weighted by Gasteiger charge is 2.29. The molecule has 1 saturated heterocycles. The zero-order valence-electron chi connectivity index (χ0n) is 13.4. The first kappa shape index (κ1) is 19.2. The van der Waals surface area contributed by atoms with Gasteiger partial charge in [-0.1, -0.05) is 17.7 Å². The molecule has 4 nitrogen and oxygen atoms in total. The third-order valence-corrected chi connectivity index (χ3v) is 4.46. The van der Waals surface area contributed by atoms with E-state index in [1.54, 1.807) is 0 Å². The molecule has 0 radical (unpaired) electrons. The van der Waals surface area contributed by atoms with E-state index >= 15 is 0 Å². The van der Waals surface area contributed by atoms with Gasteiger partial charge in [0.2, 0.25) is 5.91 Å². The first-order valence-electron chi connectivity index (χ1n) is 7.41. The Morgan fingerprint density at radius 2 is 2.14 bits per heavy atom. The Balaban J connectivity index is 0.00000242. The van der Waals surface area contributed by atoms with Crippen LogP contribution in [0.25, 0.3) is 0 Å². The van der Waals surface area contributed by atoms with E-state index in [9.17, 15) is 4.79 Å². The van der Waals surface area contributed by atoms with Gasteiger partial charge in [0.05, 0.1) is 17.3 Å². The second-order valence-electron chi connectivity index (χ2n) is 6.10. The van der Waals surface area contributed by atoms with Crippen LogP contribution < -0.4 is 11.1 Å². The summed E-state index contributed by atoms with van der Waals surface area (Å²) in [6.07, 6.45) is 1.06. The van der Waals surface area contributed by atoms with E-state index in [2.05, 4.69) is 17.1 Å². The SMILES string of the molecule is Cc1cc(C)c(NC(=O)CN2CC(CN)CC2C)c(Cl)c1.Cl. The number of rotatable bonds is 4. The number of nitrogens with one attached hydrogen (secondary N) is 1. The van der Waals surface area contributed by atoms with E-state index in [0.29, 0.717) is 30.1 Å². The minimum atomic E-state index is -0.0200. The molecule has 22 heavy (non-hydrogen) atoms. The molecule has 1 aliphatic heterocycles. The molecule has 0 aromatic heterocycles. The zero-order chi connectivity index (χ0) is 15.6. The first-order chi connectivity index (χ1) is 9.90. The fourth-order valence-corrected chi connectivity index (χ4v) is 3.41. The summed E-state index contributed by atoms with van der Waals surface area (Å²) in [7, 11) is 0. The van der Waals surface area contributed by atoms with Crippen LogP contribution >= 0.6 is 24.0 Å². The van der Waals surface area contributed by atoms with E-state index in [0.717, 1.165) is 29.8 Å². The van der Waals surface area contributed by atoms with Crippen molar-refractivity contribution >= 4 is 35.6 Å². The Hall–Kier alpha value is -0.810. The van der Waals surface area contributed by atoms with Gasteiger partial charge < -0.3 is 11.1 Å². The van der Waals surface area contributed by atoms with E-state index in [1.165, 1.54) is 0 Å². The van der Waals surface area contributed by atoms with Gasteiger partial charge in [0, 0.05) is 12.6 Å². The van der Waals surface area contributed by atoms with Crippen molar-refractivity contribution in [3.8, 4) is 0 Å². The molecule has 1 amide bonds. The number of carbonyl (C=O) groups is 1. The fraction of sp³-hybridized carbons (Fsp3) is 0.562. The van der Waals surface area contributed by atoms with E-state index in [4.69, 9.17) is 17.3 Å². The van der Waals surface area contributed by atoms with Crippen LogP contribution in [0.3, 0.4) is 0 Å². The third kappa shape index (κ3) is 4.59. The molecule has 124 valence electrons. The second-order valence-corrected chi connectivity index (χ2v) is 6.51. The highest BCUT2D eigenvalue weighted by molar-refractivity contribution is 6.34. The molecule has 6 heteroatoms. The second kappa shape index (κ2) is 8.16. The lowest BCUT2D eigenvalue weighted by atomic mass is 10.1. The Kier molecular flexibility index (Phi) is 7.13. The van der Waals surface area contributed by atoms with Crippen molar-refractivity contribution in [1.82, 2.24) is 4.90 Å². The molecule has 0 aliphatic carbocycles. The van der Waals surface area contributed by atoms with Crippen molar-refractivity contribution in [3.63, 3.8) is 0 Å². The Morgan fingerprint density at radius 1 is 1.45 bits per heavy atom. The van der Waals surface area contributed by atoms with E-state index < -0.39 is 0 Å². The highest BCUT2D eigenvalue weighted by atomic mass is 35.5. The molecular weight excluding hydrogens is 321 g/mol. The van der Waals surface area contributed by atoms with Gasteiger partial charge in [-0.2, -0.15) is 0 Å². The maximum Gasteiger partial charge on any atom is 0.238 e. The molecule has 1 aromatic carbocycles. The minimum absolute atomic E-state index is 0. The number of anilines is 1. The van der Waals surface area contributed by atoms with Crippen LogP contribution in [0.4, 0.5) is 5.69 Å². The summed E-state index contributed by atoms with van der Waals surface area (Å²) < 4.78 is 0. The van der Waals surface area contributed by atoms with Crippen LogP contribution in [-0.4, -0.2) is 36.5 Å². The van der Waals surface area contributed by atoms with Crippen LogP contribution in [0, 0.1) is 19.8 Å². The molecule has 1 aromatic rings. The van der Waals surface area contributed by atoms with Gasteiger partial charge >= 0.3 is 0 Å². The topological polar surface area (TPSA) is 58.4 Å². The van der Waals surface area contributed by atoms with E-state index in [1.807, 2.05) is 26.0 Å². The lowest BCUT2D eigenvalue weighted by molar-refractivity contribution is -0.117. The van der Waals surface area contributed by atoms with Crippen molar-refractivity contribution < 1.29 is 4.79 Å². The lowest BCUT2D eigenvalue weighted by Gasteiger charge is -2.21. The first-order valence-corrected chi connectivity index (χ1v) is 7.79. The molecule has 0 spiro atoms. The Bertz CT molecular complexity index is 513. The number of carbonyl (C=O) groups excluding carboxylic acids is 1. The molecule has 2 rings (SSSR count). The number of nitrogens with two attached hydrogens (primary N) is 1. The molecule has 2 unspecified atom stereocenters. The van der Waals surface area contributed by atoms with E-state index in [-0.39, 0.29) is 18.3 Å². The van der Waals surface area contributed by atoms with Gasteiger partial charge in [0.1, 0.15) is 0 Å². The van der Waals surface area contributed by atoms with Crippen LogP contribution in [0.2, 0.25) is 5.02 Å². The minimum Gasteiger partial charge on any atom is -0.330 e. The number of aryl methyl sites for hydroxylation is 2. The molecule has 2 atom stereocenters. The molecule has 1 fully saturated rings. The maximum absolute atomic E-state index is 12.3. The Morgan fingerprint density at radius 3 is 2.68 bits per heavy atom. The number of halogens is 2. The third-order valence-electron chi connectivity index (χ3n) is 4.17. The van der Waals surface area contributed by atoms with Crippen molar-refractivity contribution in [2.75, 3.05) is 25.0 Å². The zero-order valence-corrected chi connectivity index (χ0v) is 14.9. The highest BCUT2D eigenvalue weighted by Crippen LogP contribution is 2.27. The van der Waals surface area contributed by atoms with Gasteiger partial charge in [0.15, 0.2) is 0 Å². The fourth-order valence-electron chi connectivity index (χ4n) is 3.05. The number of hydrogen-bond donors (Lipinski definition) is 2. The quantitative estimate of drug-likeness (QED) is 0.881. The predicted molar refractivity (Wildman–Crippen MR) is 95.0 cm³/mol. The summed E-state index contributed by atoms with van der Waals surface area (Å²) in [5, 5.41) is 3.53. The molecule has 0 saturated carbocycles. The maximum atomic E-state index is 12.3. The number of benzene rings is 1. The van der Waals surface area contributed by atoms with Gasteiger partial charge in [-0.05, 0) is 56.8 Å². The van der Waals surface area contributed by atoms with Crippen LogP contribution in [0.15, 0.2) is 12.1 Å². The average Bonchev–Trinajstić information content (AvgIpc) is 2.74.